The maximum atomic E-state index is 13.8. The molecule has 44 heavy (non-hydrogen) atoms. The Morgan fingerprint density at radius 3 is 2.11 bits per heavy atom. The van der Waals surface area contributed by atoms with E-state index in [9.17, 15) is 50.8 Å². The van der Waals surface area contributed by atoms with Gasteiger partial charge in [0.05, 0.1) is 19.8 Å². The number of methoxy groups -OCH3 is 1. The zero-order chi connectivity index (χ0) is 32.0. The highest BCUT2D eigenvalue weighted by molar-refractivity contribution is 5.88. The lowest BCUT2D eigenvalue weighted by atomic mass is 9.99. The zero-order valence-electron chi connectivity index (χ0n) is 23.3. The predicted octanol–water partition coefficient (Wildman–Crippen LogP) is -1.74. The van der Waals surface area contributed by atoms with Crippen molar-refractivity contribution in [1.29, 1.82) is 0 Å². The molecule has 2 aliphatic rings. The fourth-order valence-electron chi connectivity index (χ4n) is 4.97. The van der Waals surface area contributed by atoms with E-state index < -0.39 is 90.3 Å². The molecule has 240 valence electrons. The largest absolute Gasteiger partial charge is 0.507 e. The summed E-state index contributed by atoms with van der Waals surface area (Å²) in [6.07, 6.45) is -15.7. The molecule has 3 aromatic rings. The molecule has 10 atom stereocenters. The quantitative estimate of drug-likeness (QED) is 0.141. The Bertz CT molecular complexity index is 1550. The highest BCUT2D eigenvalue weighted by atomic mass is 16.7. The SMILES string of the molecule is COc1cc(-c2oc3cc(O[C@H]4O[C@@H](C)[C@H](O)[C@@H](O)[C@H]4O)cc(O)c3c(=O)c2O[C@H]2O[C@H](CO)[C@@H](O)[C@H](O)[C@H]2O)ccc1O. The van der Waals surface area contributed by atoms with Crippen LogP contribution in [-0.2, 0) is 9.47 Å². The molecule has 2 fully saturated rings. The number of aliphatic hydroxyl groups excluding tert-OH is 7. The van der Waals surface area contributed by atoms with Gasteiger partial charge in [-0.1, -0.05) is 0 Å². The molecule has 0 radical (unpaired) electrons. The van der Waals surface area contributed by atoms with Crippen LogP contribution in [0.3, 0.4) is 0 Å². The Kier molecular flexibility index (Phi) is 8.90. The van der Waals surface area contributed by atoms with Gasteiger partial charge in [-0.2, -0.15) is 0 Å². The van der Waals surface area contributed by atoms with Crippen molar-refractivity contribution in [3.8, 4) is 40.1 Å². The monoisotopic (exact) mass is 624 g/mol. The minimum Gasteiger partial charge on any atom is -0.507 e. The van der Waals surface area contributed by atoms with Crippen LogP contribution in [0.4, 0.5) is 0 Å². The topological polar surface area (TPSA) is 258 Å². The fourth-order valence-corrected chi connectivity index (χ4v) is 4.97. The molecule has 3 heterocycles. The lowest BCUT2D eigenvalue weighted by molar-refractivity contribution is -0.277. The van der Waals surface area contributed by atoms with Crippen molar-refractivity contribution in [1.82, 2.24) is 0 Å². The molecule has 0 saturated carbocycles. The van der Waals surface area contributed by atoms with E-state index in [1.807, 2.05) is 0 Å². The van der Waals surface area contributed by atoms with Crippen molar-refractivity contribution in [3.05, 3.63) is 40.6 Å². The fraction of sp³-hybridized carbons (Fsp3) is 0.464. The lowest BCUT2D eigenvalue weighted by Crippen LogP contribution is -2.60. The minimum atomic E-state index is -1.90. The summed E-state index contributed by atoms with van der Waals surface area (Å²) in [5, 5.41) is 91.4. The third-order valence-electron chi connectivity index (χ3n) is 7.49. The first-order valence-electron chi connectivity index (χ1n) is 13.4. The molecule has 2 aromatic carbocycles. The Hall–Kier alpha value is -3.71. The summed E-state index contributed by atoms with van der Waals surface area (Å²) in [5.74, 6) is -2.08. The molecule has 0 amide bonds. The Labute approximate surface area is 248 Å². The van der Waals surface area contributed by atoms with Crippen LogP contribution in [0.25, 0.3) is 22.3 Å². The van der Waals surface area contributed by atoms with Gasteiger partial charge in [0.2, 0.25) is 23.8 Å². The van der Waals surface area contributed by atoms with E-state index in [2.05, 4.69) is 0 Å². The Balaban J connectivity index is 1.62. The van der Waals surface area contributed by atoms with E-state index in [-0.39, 0.29) is 34.2 Å². The maximum absolute atomic E-state index is 13.8. The van der Waals surface area contributed by atoms with Crippen LogP contribution in [0.15, 0.2) is 39.5 Å². The second-order valence-electron chi connectivity index (χ2n) is 10.4. The third kappa shape index (κ3) is 5.63. The van der Waals surface area contributed by atoms with Crippen LogP contribution in [0.2, 0.25) is 0 Å². The minimum absolute atomic E-state index is 0.0257. The smallest absolute Gasteiger partial charge is 0.239 e. The number of ether oxygens (including phenoxy) is 5. The molecule has 0 bridgehead atoms. The normalized spacial score (nSPS) is 32.4. The average molecular weight is 625 g/mol. The number of hydrogen-bond acceptors (Lipinski definition) is 16. The summed E-state index contributed by atoms with van der Waals surface area (Å²) in [7, 11) is 1.28. The third-order valence-corrected chi connectivity index (χ3v) is 7.49. The second kappa shape index (κ2) is 12.4. The summed E-state index contributed by atoms with van der Waals surface area (Å²) >= 11 is 0. The number of fused-ring (bicyclic) bond motifs is 1. The van der Waals surface area contributed by atoms with E-state index in [0.717, 1.165) is 6.07 Å². The summed E-state index contributed by atoms with van der Waals surface area (Å²) in [4.78, 5) is 13.8. The number of aliphatic hydroxyl groups is 7. The van der Waals surface area contributed by atoms with E-state index >= 15 is 0 Å². The van der Waals surface area contributed by atoms with Crippen LogP contribution in [-0.4, -0.2) is 121 Å². The molecule has 9 N–H and O–H groups in total. The van der Waals surface area contributed by atoms with Crippen LogP contribution in [0.5, 0.6) is 28.7 Å². The molecule has 2 aliphatic heterocycles. The summed E-state index contributed by atoms with van der Waals surface area (Å²) in [6, 6.07) is 6.03. The maximum Gasteiger partial charge on any atom is 0.239 e. The standard InChI is InChI=1S/C28H32O16/c1-9-18(32)21(35)23(37)27(40-9)41-11-6-13(31)17-15(7-11)42-25(10-3-4-12(30)14(5-10)39-2)26(20(17)34)44-28-24(38)22(36)19(33)16(8-29)43-28/h3-7,9,16,18-19,21-24,27-33,35-38H,8H2,1-2H3/t9-,16+,18-,19+,21+,22-,23+,24+,27+,28+/m0/s1. The van der Waals surface area contributed by atoms with Crippen molar-refractivity contribution in [2.45, 2.75) is 68.3 Å². The van der Waals surface area contributed by atoms with Crippen LogP contribution >= 0.6 is 0 Å². The molecule has 0 aliphatic carbocycles. The number of benzene rings is 2. The van der Waals surface area contributed by atoms with Gasteiger partial charge >= 0.3 is 0 Å². The number of phenolic OH excluding ortho intramolecular Hbond substituents is 2. The number of hydrogen-bond donors (Lipinski definition) is 9. The van der Waals surface area contributed by atoms with Gasteiger partial charge in [-0.05, 0) is 25.1 Å². The first kappa shape index (κ1) is 31.7. The van der Waals surface area contributed by atoms with Gasteiger partial charge in [-0.15, -0.1) is 0 Å². The first-order chi connectivity index (χ1) is 20.9. The zero-order valence-corrected chi connectivity index (χ0v) is 23.3. The summed E-state index contributed by atoms with van der Waals surface area (Å²) in [6.45, 7) is 0.680. The van der Waals surface area contributed by atoms with Gasteiger partial charge in [0.1, 0.15) is 65.2 Å². The van der Waals surface area contributed by atoms with E-state index in [1.165, 1.54) is 38.3 Å². The Morgan fingerprint density at radius 1 is 0.795 bits per heavy atom. The molecule has 2 saturated heterocycles. The molecule has 0 spiro atoms. The number of rotatable bonds is 7. The summed E-state index contributed by atoms with van der Waals surface area (Å²) in [5.41, 5.74) is -1.16. The lowest BCUT2D eigenvalue weighted by Gasteiger charge is -2.39. The van der Waals surface area contributed by atoms with Gasteiger partial charge in [0, 0.05) is 17.7 Å². The first-order valence-corrected chi connectivity index (χ1v) is 13.4. The van der Waals surface area contributed by atoms with E-state index in [4.69, 9.17) is 28.1 Å². The van der Waals surface area contributed by atoms with Crippen LogP contribution in [0.1, 0.15) is 6.92 Å². The van der Waals surface area contributed by atoms with Crippen LogP contribution in [0, 0.1) is 0 Å². The van der Waals surface area contributed by atoms with Gasteiger partial charge < -0.3 is 74.1 Å². The van der Waals surface area contributed by atoms with Crippen molar-refractivity contribution < 1.29 is 74.1 Å². The molecule has 16 nitrogen and oxygen atoms in total. The van der Waals surface area contributed by atoms with Gasteiger partial charge in [-0.3, -0.25) is 4.79 Å². The highest BCUT2D eigenvalue weighted by Crippen LogP contribution is 2.40. The van der Waals surface area contributed by atoms with E-state index in [1.54, 1.807) is 0 Å². The van der Waals surface area contributed by atoms with Crippen molar-refractivity contribution in [2.75, 3.05) is 13.7 Å². The van der Waals surface area contributed by atoms with Crippen molar-refractivity contribution >= 4 is 11.0 Å². The number of aromatic hydroxyl groups is 2. The van der Waals surface area contributed by atoms with Crippen LogP contribution < -0.4 is 19.6 Å². The average Bonchev–Trinajstić information content (AvgIpc) is 3.00. The molecule has 0 unspecified atom stereocenters. The summed E-state index contributed by atoms with van der Waals surface area (Å²) < 4.78 is 33.3. The van der Waals surface area contributed by atoms with Gasteiger partial charge in [0.25, 0.3) is 0 Å². The van der Waals surface area contributed by atoms with Crippen molar-refractivity contribution in [2.24, 2.45) is 0 Å². The van der Waals surface area contributed by atoms with Crippen molar-refractivity contribution in [3.63, 3.8) is 0 Å². The molecular weight excluding hydrogens is 592 g/mol. The molecule has 16 heteroatoms. The molecular formula is C28H32O16. The molecule has 5 rings (SSSR count). The number of phenols is 2. The highest BCUT2D eigenvalue weighted by Gasteiger charge is 2.46. The molecule has 1 aromatic heterocycles. The Morgan fingerprint density at radius 2 is 1.45 bits per heavy atom. The predicted molar refractivity (Wildman–Crippen MR) is 145 cm³/mol. The van der Waals surface area contributed by atoms with Gasteiger partial charge in [-0.25, -0.2) is 0 Å². The second-order valence-corrected chi connectivity index (χ2v) is 10.4. The van der Waals surface area contributed by atoms with E-state index in [0.29, 0.717) is 0 Å². The van der Waals surface area contributed by atoms with Gasteiger partial charge in [0.15, 0.2) is 17.3 Å².